The van der Waals surface area contributed by atoms with Crippen LogP contribution in [0.15, 0.2) is 52.3 Å². The number of aliphatic imine (C=N–C) groups is 1. The molecular weight excluding hydrogens is 426 g/mol. The van der Waals surface area contributed by atoms with E-state index in [1.54, 1.807) is 30.6 Å². The molecule has 152 valence electrons. The summed E-state index contributed by atoms with van der Waals surface area (Å²) in [5.41, 5.74) is 3.75. The van der Waals surface area contributed by atoms with Gasteiger partial charge in [-0.1, -0.05) is 53.7 Å². The van der Waals surface area contributed by atoms with E-state index in [-0.39, 0.29) is 5.69 Å². The molecule has 0 fully saturated rings. The molecule has 2 aromatic carbocycles. The molecule has 0 aliphatic rings. The van der Waals surface area contributed by atoms with Gasteiger partial charge >= 0.3 is 5.69 Å². The Morgan fingerprint density at radius 3 is 2.66 bits per heavy atom. The van der Waals surface area contributed by atoms with Gasteiger partial charge in [-0.15, -0.1) is 11.8 Å². The highest BCUT2D eigenvalue weighted by atomic mass is 35.5. The van der Waals surface area contributed by atoms with E-state index >= 15 is 0 Å². The van der Waals surface area contributed by atoms with Gasteiger partial charge in [0, 0.05) is 24.4 Å². The van der Waals surface area contributed by atoms with Crippen LogP contribution < -0.4 is 5.69 Å². The second-order valence-corrected chi connectivity index (χ2v) is 8.78. The summed E-state index contributed by atoms with van der Waals surface area (Å²) in [6.45, 7) is 2.71. The molecule has 0 unspecified atom stereocenters. The number of rotatable bonds is 6. The van der Waals surface area contributed by atoms with E-state index in [0.717, 1.165) is 38.2 Å². The Hall–Kier alpha value is -2.03. The first kappa shape index (κ1) is 21.7. The Labute approximate surface area is 183 Å². The topological polar surface area (TPSA) is 65.1 Å². The Morgan fingerprint density at radius 1 is 1.17 bits per heavy atom. The minimum absolute atomic E-state index is 0.264. The second kappa shape index (κ2) is 10.1. The largest absolute Gasteiger partial charge is 0.368 e. The van der Waals surface area contributed by atoms with Crippen LogP contribution in [0.25, 0.3) is 5.69 Å². The van der Waals surface area contributed by atoms with Crippen LogP contribution in [0.4, 0.5) is 0 Å². The third-order valence-electron chi connectivity index (χ3n) is 4.43. The average molecular weight is 448 g/mol. The maximum Gasteiger partial charge on any atom is 0.368 e. The molecule has 0 atom stereocenters. The first-order valence-electron chi connectivity index (χ1n) is 9.03. The van der Waals surface area contributed by atoms with Crippen LogP contribution in [-0.2, 0) is 19.2 Å². The van der Waals surface area contributed by atoms with E-state index in [1.807, 2.05) is 55.6 Å². The lowest BCUT2D eigenvalue weighted by Gasteiger charge is -2.11. The average Bonchev–Trinajstić information content (AvgIpc) is 3.05. The number of hydrogen-bond donors (Lipinski definition) is 0. The van der Waals surface area contributed by atoms with E-state index in [4.69, 9.17) is 16.6 Å². The summed E-state index contributed by atoms with van der Waals surface area (Å²) >= 11 is 9.50. The fraction of sp³-hybridized carbons (Fsp3) is 0.300. The number of hydrogen-bond acceptors (Lipinski definition) is 6. The highest BCUT2D eigenvalue weighted by molar-refractivity contribution is 8.38. The summed E-state index contributed by atoms with van der Waals surface area (Å²) in [6, 6.07) is 13.7. The standard InChI is InChI=1S/C20H22ClN5OS2/c1-14-7-6-10-18(26-20(27)25(2)23-24-26)16(14)13-29-19(28-3)22-12-11-15-8-4-5-9-17(15)21/h4-10H,11-13H2,1-3H3/b22-19+. The number of nitrogens with zero attached hydrogens (tertiary/aromatic N) is 5. The third-order valence-corrected chi connectivity index (χ3v) is 6.94. The fourth-order valence-corrected chi connectivity index (χ4v) is 4.73. The van der Waals surface area contributed by atoms with Gasteiger partial charge in [0.05, 0.1) is 5.69 Å². The van der Waals surface area contributed by atoms with Crippen molar-refractivity contribution in [2.75, 3.05) is 12.8 Å². The lowest BCUT2D eigenvalue weighted by atomic mass is 10.1. The van der Waals surface area contributed by atoms with Crippen LogP contribution >= 0.6 is 35.1 Å². The van der Waals surface area contributed by atoms with Crippen molar-refractivity contribution in [1.29, 1.82) is 0 Å². The number of tetrazole rings is 1. The van der Waals surface area contributed by atoms with Gasteiger partial charge in [-0.25, -0.2) is 4.79 Å². The van der Waals surface area contributed by atoms with Gasteiger partial charge < -0.3 is 0 Å². The van der Waals surface area contributed by atoms with Gasteiger partial charge in [0.2, 0.25) is 0 Å². The van der Waals surface area contributed by atoms with Gasteiger partial charge in [-0.05, 0) is 58.9 Å². The van der Waals surface area contributed by atoms with E-state index < -0.39 is 0 Å². The van der Waals surface area contributed by atoms with Crippen molar-refractivity contribution in [2.45, 2.75) is 19.1 Å². The smallest absolute Gasteiger partial charge is 0.271 e. The normalized spacial score (nSPS) is 11.8. The van der Waals surface area contributed by atoms with Crippen molar-refractivity contribution in [3.8, 4) is 5.69 Å². The number of thioether (sulfide) groups is 2. The monoisotopic (exact) mass is 447 g/mol. The molecule has 0 spiro atoms. The van der Waals surface area contributed by atoms with E-state index in [1.165, 1.54) is 9.36 Å². The van der Waals surface area contributed by atoms with Crippen LogP contribution in [0.2, 0.25) is 5.02 Å². The second-order valence-electron chi connectivity index (χ2n) is 6.35. The van der Waals surface area contributed by atoms with Gasteiger partial charge in [-0.2, -0.15) is 9.36 Å². The molecule has 0 aliphatic heterocycles. The zero-order chi connectivity index (χ0) is 20.8. The zero-order valence-electron chi connectivity index (χ0n) is 16.5. The van der Waals surface area contributed by atoms with Gasteiger partial charge in [0.15, 0.2) is 0 Å². The van der Waals surface area contributed by atoms with E-state index in [2.05, 4.69) is 10.4 Å². The molecule has 0 saturated heterocycles. The van der Waals surface area contributed by atoms with E-state index in [0.29, 0.717) is 12.3 Å². The van der Waals surface area contributed by atoms with Crippen LogP contribution in [0.1, 0.15) is 16.7 Å². The summed E-state index contributed by atoms with van der Waals surface area (Å²) in [6.07, 6.45) is 2.82. The molecule has 0 amide bonds. The van der Waals surface area contributed by atoms with Gasteiger partial charge in [0.1, 0.15) is 4.38 Å². The summed E-state index contributed by atoms with van der Waals surface area (Å²) in [5, 5.41) is 8.59. The first-order chi connectivity index (χ1) is 14.0. The highest BCUT2D eigenvalue weighted by Crippen LogP contribution is 2.26. The Kier molecular flexibility index (Phi) is 7.57. The van der Waals surface area contributed by atoms with E-state index in [9.17, 15) is 4.79 Å². The first-order valence-corrected chi connectivity index (χ1v) is 11.6. The number of benzene rings is 2. The quantitative estimate of drug-likeness (QED) is 0.420. The minimum atomic E-state index is -0.264. The van der Waals surface area contributed by atoms with Crippen LogP contribution in [0.5, 0.6) is 0 Å². The van der Waals surface area contributed by atoms with Crippen LogP contribution in [0, 0.1) is 6.92 Å². The Balaban J connectivity index is 1.73. The molecule has 29 heavy (non-hydrogen) atoms. The molecule has 0 saturated carbocycles. The predicted molar refractivity (Wildman–Crippen MR) is 124 cm³/mol. The number of aryl methyl sites for hydroxylation is 2. The third kappa shape index (κ3) is 5.32. The summed E-state index contributed by atoms with van der Waals surface area (Å²) in [4.78, 5) is 17.0. The van der Waals surface area contributed by atoms with Crippen LogP contribution in [-0.4, -0.2) is 37.0 Å². The predicted octanol–water partition coefficient (Wildman–Crippen LogP) is 4.12. The minimum Gasteiger partial charge on any atom is -0.271 e. The van der Waals surface area contributed by atoms with Crippen LogP contribution in [0.3, 0.4) is 0 Å². The fourth-order valence-electron chi connectivity index (χ4n) is 2.81. The van der Waals surface area contributed by atoms with Crippen molar-refractivity contribution < 1.29 is 0 Å². The number of halogens is 1. The lowest BCUT2D eigenvalue weighted by molar-refractivity contribution is 0.692. The Bertz CT molecular complexity index is 1080. The highest BCUT2D eigenvalue weighted by Gasteiger charge is 2.14. The molecule has 3 rings (SSSR count). The molecule has 0 radical (unpaired) electrons. The van der Waals surface area contributed by atoms with Gasteiger partial charge in [-0.3, -0.25) is 4.99 Å². The molecule has 6 nitrogen and oxygen atoms in total. The number of aromatic nitrogens is 4. The van der Waals surface area contributed by atoms with Crippen molar-refractivity contribution >= 4 is 39.5 Å². The molecule has 1 aromatic heterocycles. The molecule has 0 N–H and O–H groups in total. The molecule has 3 aromatic rings. The zero-order valence-corrected chi connectivity index (χ0v) is 18.9. The van der Waals surface area contributed by atoms with Crippen molar-refractivity contribution in [1.82, 2.24) is 19.8 Å². The molecule has 0 bridgehead atoms. The lowest BCUT2D eigenvalue weighted by Crippen LogP contribution is -2.23. The molecule has 9 heteroatoms. The summed E-state index contributed by atoms with van der Waals surface area (Å²) in [7, 11) is 1.59. The summed E-state index contributed by atoms with van der Waals surface area (Å²) in [5.74, 6) is 0.691. The molecule has 0 aliphatic carbocycles. The summed E-state index contributed by atoms with van der Waals surface area (Å²) < 4.78 is 3.57. The maximum atomic E-state index is 12.3. The maximum absolute atomic E-state index is 12.3. The molecular formula is C20H22ClN5OS2. The Morgan fingerprint density at radius 2 is 1.97 bits per heavy atom. The van der Waals surface area contributed by atoms with Gasteiger partial charge in [0.25, 0.3) is 0 Å². The van der Waals surface area contributed by atoms with Crippen molar-refractivity contribution in [2.24, 2.45) is 12.0 Å². The van der Waals surface area contributed by atoms with Crippen molar-refractivity contribution in [3.63, 3.8) is 0 Å². The molecule has 1 heterocycles. The van der Waals surface area contributed by atoms with Crippen molar-refractivity contribution in [3.05, 3.63) is 74.7 Å². The SMILES string of the molecule is CS/C(=N\CCc1ccccc1Cl)SCc1c(C)cccc1-n1nnn(C)c1=O.